The van der Waals surface area contributed by atoms with Crippen LogP contribution in [0.25, 0.3) is 0 Å². The van der Waals surface area contributed by atoms with Crippen molar-refractivity contribution in [2.75, 3.05) is 17.2 Å². The van der Waals surface area contributed by atoms with Crippen molar-refractivity contribution in [3.05, 3.63) is 23.8 Å². The van der Waals surface area contributed by atoms with Gasteiger partial charge in [0.25, 0.3) is 0 Å². The molecule has 0 spiro atoms. The highest BCUT2D eigenvalue weighted by atomic mass is 16.2. The van der Waals surface area contributed by atoms with Gasteiger partial charge in [0.05, 0.1) is 6.04 Å². The minimum absolute atomic E-state index is 0.0162. The summed E-state index contributed by atoms with van der Waals surface area (Å²) in [6, 6.07) is 5.45. The standard InChI is InChI=1S/C16H23N3O2/c1-10(2)15(20)19-14-9-12(7-6-11(14)3)18-16(21)13-5-4-8-17-13/h6-7,9-10,13,17H,4-5,8H2,1-3H3,(H,18,21)(H,19,20)/t13-/m1/s1. The Bertz CT molecular complexity index is 534. The molecular weight excluding hydrogens is 266 g/mol. The molecule has 1 atom stereocenters. The van der Waals surface area contributed by atoms with E-state index in [1.165, 1.54) is 0 Å². The van der Waals surface area contributed by atoms with Crippen LogP contribution in [-0.2, 0) is 9.59 Å². The maximum atomic E-state index is 12.1. The van der Waals surface area contributed by atoms with E-state index in [1.807, 2.05) is 39.0 Å². The van der Waals surface area contributed by atoms with E-state index in [4.69, 9.17) is 0 Å². The summed E-state index contributed by atoms with van der Waals surface area (Å²) in [5, 5.41) is 8.96. The van der Waals surface area contributed by atoms with Crippen LogP contribution in [0.4, 0.5) is 11.4 Å². The van der Waals surface area contributed by atoms with Crippen LogP contribution in [0, 0.1) is 12.8 Å². The summed E-state index contributed by atoms with van der Waals surface area (Å²) in [5.41, 5.74) is 2.42. The minimum atomic E-state index is -0.111. The number of carbonyl (C=O) groups is 2. The normalized spacial score (nSPS) is 17.8. The number of hydrogen-bond donors (Lipinski definition) is 3. The second-order valence-electron chi connectivity index (χ2n) is 5.81. The second kappa shape index (κ2) is 6.72. The lowest BCUT2D eigenvalue weighted by Crippen LogP contribution is -2.35. The van der Waals surface area contributed by atoms with E-state index in [2.05, 4.69) is 16.0 Å². The number of anilines is 2. The highest BCUT2D eigenvalue weighted by Gasteiger charge is 2.22. The molecule has 3 N–H and O–H groups in total. The highest BCUT2D eigenvalue weighted by molar-refractivity contribution is 5.97. The zero-order valence-electron chi connectivity index (χ0n) is 12.8. The van der Waals surface area contributed by atoms with E-state index in [-0.39, 0.29) is 23.8 Å². The summed E-state index contributed by atoms with van der Waals surface area (Å²) >= 11 is 0. The molecule has 0 unspecified atom stereocenters. The number of nitrogens with one attached hydrogen (secondary N) is 3. The quantitative estimate of drug-likeness (QED) is 0.796. The van der Waals surface area contributed by atoms with E-state index in [0.29, 0.717) is 5.69 Å². The number of aryl methyl sites for hydroxylation is 1. The molecule has 0 radical (unpaired) electrons. The Morgan fingerprint density at radius 1 is 1.29 bits per heavy atom. The van der Waals surface area contributed by atoms with Crippen LogP contribution in [0.15, 0.2) is 18.2 Å². The van der Waals surface area contributed by atoms with E-state index >= 15 is 0 Å². The smallest absolute Gasteiger partial charge is 0.241 e. The lowest BCUT2D eigenvalue weighted by atomic mass is 10.1. The van der Waals surface area contributed by atoms with Gasteiger partial charge in [0, 0.05) is 17.3 Å². The molecule has 0 saturated carbocycles. The second-order valence-corrected chi connectivity index (χ2v) is 5.81. The van der Waals surface area contributed by atoms with E-state index in [0.717, 1.165) is 30.6 Å². The molecule has 5 nitrogen and oxygen atoms in total. The third-order valence-electron chi connectivity index (χ3n) is 3.66. The molecule has 114 valence electrons. The molecule has 0 bridgehead atoms. The molecule has 2 rings (SSSR count). The van der Waals surface area contributed by atoms with E-state index in [9.17, 15) is 9.59 Å². The number of hydrogen-bond acceptors (Lipinski definition) is 3. The van der Waals surface area contributed by atoms with Gasteiger partial charge in [-0.05, 0) is 44.0 Å². The van der Waals surface area contributed by atoms with Gasteiger partial charge in [0.1, 0.15) is 0 Å². The van der Waals surface area contributed by atoms with Gasteiger partial charge in [-0.3, -0.25) is 9.59 Å². The van der Waals surface area contributed by atoms with Crippen molar-refractivity contribution in [3.8, 4) is 0 Å². The van der Waals surface area contributed by atoms with E-state index < -0.39 is 0 Å². The van der Waals surface area contributed by atoms with Crippen molar-refractivity contribution >= 4 is 23.2 Å². The molecule has 0 aliphatic carbocycles. The molecule has 0 aromatic heterocycles. The van der Waals surface area contributed by atoms with Crippen molar-refractivity contribution < 1.29 is 9.59 Å². The van der Waals surface area contributed by atoms with Crippen LogP contribution in [0.5, 0.6) is 0 Å². The predicted octanol–water partition coefficient (Wildman–Crippen LogP) is 2.28. The highest BCUT2D eigenvalue weighted by Crippen LogP contribution is 2.21. The van der Waals surface area contributed by atoms with Crippen molar-refractivity contribution in [2.24, 2.45) is 5.92 Å². The zero-order chi connectivity index (χ0) is 15.4. The maximum Gasteiger partial charge on any atom is 0.241 e. The molecule has 1 heterocycles. The first-order valence-electron chi connectivity index (χ1n) is 7.43. The number of amides is 2. The maximum absolute atomic E-state index is 12.1. The van der Waals surface area contributed by atoms with Crippen molar-refractivity contribution in [3.63, 3.8) is 0 Å². The first-order chi connectivity index (χ1) is 9.97. The Kier molecular flexibility index (Phi) is 4.96. The largest absolute Gasteiger partial charge is 0.326 e. The molecule has 21 heavy (non-hydrogen) atoms. The minimum Gasteiger partial charge on any atom is -0.326 e. The molecular formula is C16H23N3O2. The number of carbonyl (C=O) groups excluding carboxylic acids is 2. The molecule has 1 aromatic rings. The molecule has 1 saturated heterocycles. The fraction of sp³-hybridized carbons (Fsp3) is 0.500. The Morgan fingerprint density at radius 2 is 2.05 bits per heavy atom. The lowest BCUT2D eigenvalue weighted by Gasteiger charge is -2.14. The summed E-state index contributed by atoms with van der Waals surface area (Å²) in [6.45, 7) is 6.52. The third kappa shape index (κ3) is 4.04. The zero-order valence-corrected chi connectivity index (χ0v) is 12.8. The molecule has 1 aliphatic rings. The first kappa shape index (κ1) is 15.5. The lowest BCUT2D eigenvalue weighted by molar-refractivity contribution is -0.119. The Balaban J connectivity index is 2.07. The van der Waals surface area contributed by atoms with Crippen LogP contribution in [0.1, 0.15) is 32.3 Å². The molecule has 1 aromatic carbocycles. The van der Waals surface area contributed by atoms with Crippen molar-refractivity contribution in [2.45, 2.75) is 39.7 Å². The average Bonchev–Trinajstić information content (AvgIpc) is 2.96. The van der Waals surface area contributed by atoms with Crippen LogP contribution in [0.2, 0.25) is 0 Å². The summed E-state index contributed by atoms with van der Waals surface area (Å²) < 4.78 is 0. The fourth-order valence-electron chi connectivity index (χ4n) is 2.25. The van der Waals surface area contributed by atoms with E-state index in [1.54, 1.807) is 0 Å². The van der Waals surface area contributed by atoms with Crippen LogP contribution < -0.4 is 16.0 Å². The van der Waals surface area contributed by atoms with Gasteiger partial charge in [-0.1, -0.05) is 19.9 Å². The summed E-state index contributed by atoms with van der Waals surface area (Å²) in [7, 11) is 0. The van der Waals surface area contributed by atoms with Gasteiger partial charge in [0.2, 0.25) is 11.8 Å². The van der Waals surface area contributed by atoms with Crippen LogP contribution in [-0.4, -0.2) is 24.4 Å². The van der Waals surface area contributed by atoms with Crippen molar-refractivity contribution in [1.82, 2.24) is 5.32 Å². The molecule has 1 aliphatic heterocycles. The monoisotopic (exact) mass is 289 g/mol. The number of benzene rings is 1. The summed E-state index contributed by atoms with van der Waals surface area (Å²) in [6.07, 6.45) is 1.90. The van der Waals surface area contributed by atoms with Gasteiger partial charge in [-0.2, -0.15) is 0 Å². The van der Waals surface area contributed by atoms with Crippen molar-refractivity contribution in [1.29, 1.82) is 0 Å². The Labute approximate surface area is 125 Å². The van der Waals surface area contributed by atoms with Gasteiger partial charge in [0.15, 0.2) is 0 Å². The molecule has 1 fully saturated rings. The Morgan fingerprint density at radius 3 is 2.67 bits per heavy atom. The average molecular weight is 289 g/mol. The summed E-state index contributed by atoms with van der Waals surface area (Å²) in [5.74, 6) is -0.123. The molecule has 2 amide bonds. The SMILES string of the molecule is Cc1ccc(NC(=O)[C@H]2CCCN2)cc1NC(=O)C(C)C. The van der Waals surface area contributed by atoms with Gasteiger partial charge < -0.3 is 16.0 Å². The van der Waals surface area contributed by atoms with Crippen LogP contribution >= 0.6 is 0 Å². The number of rotatable bonds is 4. The van der Waals surface area contributed by atoms with Gasteiger partial charge in [-0.15, -0.1) is 0 Å². The fourth-order valence-corrected chi connectivity index (χ4v) is 2.25. The van der Waals surface area contributed by atoms with Gasteiger partial charge in [-0.25, -0.2) is 0 Å². The first-order valence-corrected chi connectivity index (χ1v) is 7.43. The predicted molar refractivity (Wildman–Crippen MR) is 84.3 cm³/mol. The van der Waals surface area contributed by atoms with Gasteiger partial charge >= 0.3 is 0 Å². The third-order valence-corrected chi connectivity index (χ3v) is 3.66. The van der Waals surface area contributed by atoms with Crippen LogP contribution in [0.3, 0.4) is 0 Å². The summed E-state index contributed by atoms with van der Waals surface area (Å²) in [4.78, 5) is 23.9. The molecule has 5 heteroatoms. The topological polar surface area (TPSA) is 70.2 Å². The Hall–Kier alpha value is -1.88.